The van der Waals surface area contributed by atoms with Crippen molar-refractivity contribution < 1.29 is 47.6 Å². The number of nitrogens with two attached hydrogens (primary N) is 1. The van der Waals surface area contributed by atoms with Crippen LogP contribution in [0, 0.1) is 0 Å². The van der Waals surface area contributed by atoms with Gasteiger partial charge in [-0.05, 0) is 51.8 Å². The predicted molar refractivity (Wildman–Crippen MR) is 110 cm³/mol. The highest BCUT2D eigenvalue weighted by atomic mass is 16.7. The standard InChI is InChI=1S/C21H29NO10/c1-6-27-20(25)31-17-9-8-15(11-18(17)32-21(26)28-7-2)10-16(22)19(24)30-13(4)12(3)29-14(5)23/h8-9,11-13,16H,6-7,10,22H2,1-5H3/t12-,13-,16-/m0/s1. The summed E-state index contributed by atoms with van der Waals surface area (Å²) in [5.74, 6) is -1.41. The van der Waals surface area contributed by atoms with Crippen molar-refractivity contribution >= 4 is 24.2 Å². The molecule has 0 saturated heterocycles. The Hall–Kier alpha value is -3.34. The van der Waals surface area contributed by atoms with Crippen LogP contribution in [-0.2, 0) is 35.0 Å². The van der Waals surface area contributed by atoms with Crippen molar-refractivity contribution in [3.63, 3.8) is 0 Å². The van der Waals surface area contributed by atoms with Crippen LogP contribution >= 0.6 is 0 Å². The van der Waals surface area contributed by atoms with Crippen LogP contribution in [-0.4, -0.2) is 55.7 Å². The number of rotatable bonds is 10. The Kier molecular flexibility index (Phi) is 11.0. The van der Waals surface area contributed by atoms with Gasteiger partial charge in [-0.1, -0.05) is 6.07 Å². The van der Waals surface area contributed by atoms with Crippen molar-refractivity contribution in [3.05, 3.63) is 23.8 Å². The molecule has 2 N–H and O–H groups in total. The summed E-state index contributed by atoms with van der Waals surface area (Å²) in [5.41, 5.74) is 6.43. The van der Waals surface area contributed by atoms with Gasteiger partial charge in [0.15, 0.2) is 11.5 Å². The minimum absolute atomic E-state index is 0.0202. The summed E-state index contributed by atoms with van der Waals surface area (Å²) in [6.45, 7) is 7.79. The summed E-state index contributed by atoms with van der Waals surface area (Å²) >= 11 is 0. The Morgan fingerprint density at radius 1 is 0.875 bits per heavy atom. The minimum atomic E-state index is -1.06. The quantitative estimate of drug-likeness (QED) is 0.315. The number of hydrogen-bond donors (Lipinski definition) is 1. The van der Waals surface area contributed by atoms with Crippen LogP contribution in [0.2, 0.25) is 0 Å². The lowest BCUT2D eigenvalue weighted by Gasteiger charge is -2.22. The van der Waals surface area contributed by atoms with Gasteiger partial charge in [0.25, 0.3) is 0 Å². The van der Waals surface area contributed by atoms with Crippen molar-refractivity contribution in [1.29, 1.82) is 0 Å². The highest BCUT2D eigenvalue weighted by molar-refractivity contribution is 5.76. The smallest absolute Gasteiger partial charge is 0.459 e. The van der Waals surface area contributed by atoms with Gasteiger partial charge >= 0.3 is 24.2 Å². The van der Waals surface area contributed by atoms with E-state index in [0.717, 1.165) is 0 Å². The molecular weight excluding hydrogens is 426 g/mol. The fraction of sp³-hybridized carbons (Fsp3) is 0.524. The van der Waals surface area contributed by atoms with Crippen LogP contribution in [0.1, 0.15) is 40.2 Å². The fourth-order valence-electron chi connectivity index (χ4n) is 2.38. The fourth-order valence-corrected chi connectivity index (χ4v) is 2.38. The third-order valence-electron chi connectivity index (χ3n) is 3.99. The van der Waals surface area contributed by atoms with Crippen molar-refractivity contribution in [2.45, 2.75) is 59.3 Å². The van der Waals surface area contributed by atoms with Gasteiger partial charge in [-0.15, -0.1) is 0 Å². The van der Waals surface area contributed by atoms with Crippen LogP contribution < -0.4 is 15.2 Å². The van der Waals surface area contributed by atoms with E-state index in [1.807, 2.05) is 0 Å². The number of benzene rings is 1. The summed E-state index contributed by atoms with van der Waals surface area (Å²) in [7, 11) is 0. The highest BCUT2D eigenvalue weighted by Crippen LogP contribution is 2.30. The van der Waals surface area contributed by atoms with E-state index in [9.17, 15) is 19.2 Å². The number of ether oxygens (including phenoxy) is 6. The Morgan fingerprint density at radius 3 is 1.94 bits per heavy atom. The van der Waals surface area contributed by atoms with Crippen LogP contribution in [0.15, 0.2) is 18.2 Å². The first kappa shape index (κ1) is 26.7. The summed E-state index contributed by atoms with van der Waals surface area (Å²) in [6.07, 6.45) is -3.32. The summed E-state index contributed by atoms with van der Waals surface area (Å²) < 4.78 is 29.8. The molecule has 0 aromatic heterocycles. The van der Waals surface area contributed by atoms with E-state index in [4.69, 9.17) is 34.2 Å². The lowest BCUT2D eigenvalue weighted by Crippen LogP contribution is -2.39. The molecule has 0 aliphatic rings. The molecule has 178 valence electrons. The number of carbonyl (C=O) groups excluding carboxylic acids is 4. The molecule has 0 radical (unpaired) electrons. The molecule has 0 heterocycles. The van der Waals surface area contributed by atoms with E-state index in [-0.39, 0.29) is 31.1 Å². The maximum atomic E-state index is 12.3. The SMILES string of the molecule is CCOC(=O)Oc1ccc(C[C@H](N)C(=O)O[C@@H](C)[C@H](C)OC(C)=O)cc1OC(=O)OCC. The molecule has 11 heteroatoms. The third kappa shape index (κ3) is 9.21. The van der Waals surface area contributed by atoms with Crippen LogP contribution in [0.3, 0.4) is 0 Å². The second-order valence-corrected chi connectivity index (χ2v) is 6.62. The van der Waals surface area contributed by atoms with Gasteiger partial charge in [0.2, 0.25) is 0 Å². The zero-order chi connectivity index (χ0) is 24.3. The van der Waals surface area contributed by atoms with Gasteiger partial charge < -0.3 is 34.2 Å². The molecule has 0 saturated carbocycles. The van der Waals surface area contributed by atoms with E-state index >= 15 is 0 Å². The van der Waals surface area contributed by atoms with Gasteiger partial charge in [-0.2, -0.15) is 0 Å². The molecule has 0 aliphatic carbocycles. The average Bonchev–Trinajstić information content (AvgIpc) is 2.69. The minimum Gasteiger partial charge on any atom is -0.459 e. The molecule has 11 nitrogen and oxygen atoms in total. The lowest BCUT2D eigenvalue weighted by atomic mass is 10.1. The van der Waals surface area contributed by atoms with Crippen LogP contribution in [0.25, 0.3) is 0 Å². The molecule has 0 bridgehead atoms. The molecule has 0 amide bonds. The Balaban J connectivity index is 2.91. The highest BCUT2D eigenvalue weighted by Gasteiger charge is 2.24. The van der Waals surface area contributed by atoms with Gasteiger partial charge in [-0.25, -0.2) is 9.59 Å². The monoisotopic (exact) mass is 455 g/mol. The lowest BCUT2D eigenvalue weighted by molar-refractivity contribution is -0.164. The number of esters is 2. The molecule has 32 heavy (non-hydrogen) atoms. The molecule has 0 fully saturated rings. The van der Waals surface area contributed by atoms with E-state index in [0.29, 0.717) is 5.56 Å². The summed E-state index contributed by atoms with van der Waals surface area (Å²) in [6, 6.07) is 3.22. The Morgan fingerprint density at radius 2 is 1.41 bits per heavy atom. The second-order valence-electron chi connectivity index (χ2n) is 6.62. The van der Waals surface area contributed by atoms with E-state index < -0.39 is 42.5 Å². The van der Waals surface area contributed by atoms with Gasteiger partial charge in [-0.3, -0.25) is 9.59 Å². The maximum absolute atomic E-state index is 12.3. The molecule has 1 rings (SSSR count). The van der Waals surface area contributed by atoms with E-state index in [2.05, 4.69) is 0 Å². The Labute approximate surface area is 186 Å². The van der Waals surface area contributed by atoms with Crippen molar-refractivity contribution in [2.24, 2.45) is 5.73 Å². The van der Waals surface area contributed by atoms with Crippen molar-refractivity contribution in [3.8, 4) is 11.5 Å². The van der Waals surface area contributed by atoms with Crippen molar-refractivity contribution in [1.82, 2.24) is 0 Å². The maximum Gasteiger partial charge on any atom is 0.513 e. The third-order valence-corrected chi connectivity index (χ3v) is 3.99. The predicted octanol–water partition coefficient (Wildman–Crippen LogP) is 2.51. The van der Waals surface area contributed by atoms with Gasteiger partial charge in [0.05, 0.1) is 13.2 Å². The zero-order valence-electron chi connectivity index (χ0n) is 18.7. The van der Waals surface area contributed by atoms with E-state index in [1.165, 1.54) is 25.1 Å². The number of carbonyl (C=O) groups is 4. The first-order valence-electron chi connectivity index (χ1n) is 10.0. The summed E-state index contributed by atoms with van der Waals surface area (Å²) in [5, 5.41) is 0. The van der Waals surface area contributed by atoms with Crippen LogP contribution in [0.5, 0.6) is 11.5 Å². The van der Waals surface area contributed by atoms with Crippen LogP contribution in [0.4, 0.5) is 9.59 Å². The van der Waals surface area contributed by atoms with Gasteiger partial charge in [0, 0.05) is 6.92 Å². The average molecular weight is 455 g/mol. The van der Waals surface area contributed by atoms with Gasteiger partial charge in [0.1, 0.15) is 18.2 Å². The molecule has 0 unspecified atom stereocenters. The molecular formula is C21H29NO10. The Bertz CT molecular complexity index is 810. The largest absolute Gasteiger partial charge is 0.513 e. The zero-order valence-corrected chi connectivity index (χ0v) is 18.7. The summed E-state index contributed by atoms with van der Waals surface area (Å²) in [4.78, 5) is 46.7. The molecule has 0 aliphatic heterocycles. The van der Waals surface area contributed by atoms with E-state index in [1.54, 1.807) is 27.7 Å². The number of hydrogen-bond acceptors (Lipinski definition) is 11. The second kappa shape index (κ2) is 13.2. The first-order valence-corrected chi connectivity index (χ1v) is 10.0. The molecule has 1 aromatic rings. The topological polar surface area (TPSA) is 150 Å². The molecule has 3 atom stereocenters. The normalized spacial score (nSPS) is 13.2. The first-order chi connectivity index (χ1) is 15.1. The molecule has 1 aromatic carbocycles. The molecule has 0 spiro atoms. The van der Waals surface area contributed by atoms with Crippen molar-refractivity contribution in [2.75, 3.05) is 13.2 Å².